The summed E-state index contributed by atoms with van der Waals surface area (Å²) in [5, 5.41) is 0. The minimum Gasteiger partial charge on any atom is -0.203 e. The van der Waals surface area contributed by atoms with Gasteiger partial charge in [-0.25, -0.2) is 17.6 Å². The van der Waals surface area contributed by atoms with Crippen LogP contribution in [-0.2, 0) is 5.41 Å². The van der Waals surface area contributed by atoms with E-state index in [4.69, 9.17) is 0 Å². The zero-order valence-electron chi connectivity index (χ0n) is 29.4. The number of hydrogen-bond acceptors (Lipinski definition) is 0. The highest BCUT2D eigenvalue weighted by atomic mass is 19.2. The van der Waals surface area contributed by atoms with Crippen LogP contribution in [0.4, 0.5) is 17.6 Å². The molecule has 0 heterocycles. The van der Waals surface area contributed by atoms with Crippen LogP contribution in [0.5, 0.6) is 0 Å². The molecule has 0 fully saturated rings. The quantitative estimate of drug-likeness (QED) is 0.0675. The van der Waals surface area contributed by atoms with Gasteiger partial charge in [-0.1, -0.05) is 123 Å². The molecule has 0 radical (unpaired) electrons. The summed E-state index contributed by atoms with van der Waals surface area (Å²) in [6.45, 7) is 16.8. The zero-order valence-corrected chi connectivity index (χ0v) is 29.4. The fourth-order valence-electron chi connectivity index (χ4n) is 7.74. The highest BCUT2D eigenvalue weighted by Crippen LogP contribution is 2.57. The van der Waals surface area contributed by atoms with Gasteiger partial charge in [-0.05, 0) is 101 Å². The van der Waals surface area contributed by atoms with Crippen LogP contribution < -0.4 is 0 Å². The van der Waals surface area contributed by atoms with Crippen LogP contribution in [-0.4, -0.2) is 0 Å². The summed E-state index contributed by atoms with van der Waals surface area (Å²) in [6, 6.07) is 13.5. The van der Waals surface area contributed by atoms with Gasteiger partial charge in [0.05, 0.1) is 0 Å². The van der Waals surface area contributed by atoms with E-state index in [0.29, 0.717) is 23.3 Å². The molecule has 1 aliphatic carbocycles. The number of benzene rings is 3. The fraction of sp³-hybridized carbons (Fsp3) is 0.524. The maximum absolute atomic E-state index is 14.9. The largest absolute Gasteiger partial charge is 0.203 e. The number of hydrogen-bond donors (Lipinski definition) is 0. The molecule has 0 aliphatic heterocycles. The molecule has 3 aromatic carbocycles. The summed E-state index contributed by atoms with van der Waals surface area (Å²) >= 11 is 0. The molecule has 0 saturated carbocycles. The average Bonchev–Trinajstić information content (AvgIpc) is 3.32. The van der Waals surface area contributed by atoms with Gasteiger partial charge in [-0.2, -0.15) is 0 Å². The minimum atomic E-state index is -1.78. The lowest BCUT2D eigenvalue weighted by molar-refractivity contribution is 0.266. The molecule has 0 nitrogen and oxygen atoms in total. The van der Waals surface area contributed by atoms with Crippen LogP contribution in [0.15, 0.2) is 36.4 Å². The first-order chi connectivity index (χ1) is 21.9. The summed E-state index contributed by atoms with van der Waals surface area (Å²) in [4.78, 5) is 0. The van der Waals surface area contributed by atoms with E-state index in [0.717, 1.165) is 31.2 Å². The Hall–Kier alpha value is -2.88. The van der Waals surface area contributed by atoms with Crippen LogP contribution in [0.25, 0.3) is 22.8 Å². The lowest BCUT2D eigenvalue weighted by Gasteiger charge is -2.39. The van der Waals surface area contributed by atoms with Crippen molar-refractivity contribution in [2.75, 3.05) is 0 Å². The standard InChI is InChI=1S/C42H54F4/c1-9-13-15-29(11-3)24-42(25-30(12-4)16-14-10-2)36-22-31(26(5)6)17-19-33(36)34-20-18-32(23-37(34)42)27(7)21-35-28(8)38(43)40(45)41(46)39(35)44/h17-23,26,29-30H,9-16,24-25H2,1-8H3/b27-21+. The second-order valence-electron chi connectivity index (χ2n) is 14.2. The van der Waals surface area contributed by atoms with Crippen molar-refractivity contribution in [3.63, 3.8) is 0 Å². The van der Waals surface area contributed by atoms with Crippen LogP contribution >= 0.6 is 0 Å². The van der Waals surface area contributed by atoms with Crippen molar-refractivity contribution >= 4 is 11.6 Å². The first-order valence-electron chi connectivity index (χ1n) is 17.7. The third-order valence-electron chi connectivity index (χ3n) is 10.8. The third kappa shape index (κ3) is 7.02. The van der Waals surface area contributed by atoms with Crippen molar-refractivity contribution in [1.29, 1.82) is 0 Å². The second-order valence-corrected chi connectivity index (χ2v) is 14.2. The van der Waals surface area contributed by atoms with Gasteiger partial charge in [0.1, 0.15) is 0 Å². The van der Waals surface area contributed by atoms with Crippen LogP contribution in [0.2, 0.25) is 0 Å². The molecule has 0 N–H and O–H groups in total. The van der Waals surface area contributed by atoms with Gasteiger partial charge in [0.25, 0.3) is 0 Å². The summed E-state index contributed by atoms with van der Waals surface area (Å²) < 4.78 is 57.7. The van der Waals surface area contributed by atoms with Crippen LogP contribution in [0.3, 0.4) is 0 Å². The van der Waals surface area contributed by atoms with Crippen molar-refractivity contribution in [3.05, 3.63) is 93.0 Å². The molecule has 1 aliphatic rings. The third-order valence-corrected chi connectivity index (χ3v) is 10.8. The topological polar surface area (TPSA) is 0 Å². The number of fused-ring (bicyclic) bond motifs is 3. The normalized spacial score (nSPS) is 17.4. The van der Waals surface area contributed by atoms with Gasteiger partial charge < -0.3 is 0 Å². The molecule has 0 bridgehead atoms. The Morgan fingerprint density at radius 1 is 0.717 bits per heavy atom. The molecule has 0 aromatic heterocycles. The Balaban J connectivity index is 1.97. The fourth-order valence-corrected chi connectivity index (χ4v) is 7.74. The Morgan fingerprint density at radius 3 is 1.76 bits per heavy atom. The Labute approximate surface area is 275 Å². The molecule has 3 aromatic rings. The maximum atomic E-state index is 14.9. The molecule has 0 saturated heterocycles. The van der Waals surface area contributed by atoms with E-state index in [1.807, 2.05) is 13.0 Å². The summed E-state index contributed by atoms with van der Waals surface area (Å²) in [6.07, 6.45) is 13.0. The van der Waals surface area contributed by atoms with Crippen molar-refractivity contribution in [2.24, 2.45) is 11.8 Å². The van der Waals surface area contributed by atoms with Crippen molar-refractivity contribution in [2.45, 2.75) is 131 Å². The molecule has 2 atom stereocenters. The van der Waals surface area contributed by atoms with Crippen LogP contribution in [0.1, 0.15) is 152 Å². The number of allylic oxidation sites excluding steroid dienone is 1. The summed E-state index contributed by atoms with van der Waals surface area (Å²) in [5.74, 6) is -4.69. The monoisotopic (exact) mass is 634 g/mol. The molecular weight excluding hydrogens is 580 g/mol. The van der Waals surface area contributed by atoms with Gasteiger partial charge >= 0.3 is 0 Å². The highest BCUT2D eigenvalue weighted by Gasteiger charge is 2.45. The molecule has 4 rings (SSSR count). The first kappa shape index (κ1) is 36.0. The van der Waals surface area contributed by atoms with Crippen molar-refractivity contribution in [1.82, 2.24) is 0 Å². The minimum absolute atomic E-state index is 0.177. The number of unbranched alkanes of at least 4 members (excludes halogenated alkanes) is 2. The zero-order chi connectivity index (χ0) is 33.8. The van der Waals surface area contributed by atoms with E-state index in [-0.39, 0.29) is 16.5 Å². The van der Waals surface area contributed by atoms with Gasteiger partial charge in [-0.15, -0.1) is 0 Å². The molecule has 4 heteroatoms. The first-order valence-corrected chi connectivity index (χ1v) is 17.7. The number of halogens is 4. The summed E-state index contributed by atoms with van der Waals surface area (Å²) in [7, 11) is 0. The molecule has 0 amide bonds. The smallest absolute Gasteiger partial charge is 0.198 e. The van der Waals surface area contributed by atoms with E-state index in [9.17, 15) is 17.6 Å². The van der Waals surface area contributed by atoms with Gasteiger partial charge in [-0.3, -0.25) is 0 Å². The van der Waals surface area contributed by atoms with Gasteiger partial charge in [0, 0.05) is 11.0 Å². The Morgan fingerprint density at radius 2 is 1.24 bits per heavy atom. The predicted molar refractivity (Wildman–Crippen MR) is 187 cm³/mol. The predicted octanol–water partition coefficient (Wildman–Crippen LogP) is 13.7. The lowest BCUT2D eigenvalue weighted by atomic mass is 9.64. The molecule has 0 spiro atoms. The summed E-state index contributed by atoms with van der Waals surface area (Å²) in [5.41, 5.74) is 7.54. The molecule has 46 heavy (non-hydrogen) atoms. The molecule has 2 unspecified atom stereocenters. The SMILES string of the molecule is CCCCC(CC)CC1(CC(CC)CCCC)c2cc(/C(C)=C/c3c(C)c(F)c(F)c(F)c3F)ccc2-c2ccc(C(C)C)cc21. The Bertz CT molecular complexity index is 1500. The Kier molecular flexibility index (Phi) is 12.0. The number of rotatable bonds is 15. The van der Waals surface area contributed by atoms with Crippen LogP contribution in [0, 0.1) is 42.0 Å². The van der Waals surface area contributed by atoms with E-state index in [1.165, 1.54) is 79.3 Å². The molecule has 250 valence electrons. The van der Waals surface area contributed by atoms with Gasteiger partial charge in [0.2, 0.25) is 0 Å². The van der Waals surface area contributed by atoms with E-state index in [2.05, 4.69) is 71.9 Å². The average molecular weight is 635 g/mol. The van der Waals surface area contributed by atoms with Crippen molar-refractivity contribution in [3.8, 4) is 11.1 Å². The van der Waals surface area contributed by atoms with E-state index >= 15 is 0 Å². The van der Waals surface area contributed by atoms with Gasteiger partial charge in [0.15, 0.2) is 23.3 Å². The second kappa shape index (κ2) is 15.3. The van der Waals surface area contributed by atoms with E-state index < -0.39 is 23.3 Å². The lowest BCUT2D eigenvalue weighted by Crippen LogP contribution is -2.32. The van der Waals surface area contributed by atoms with Crippen molar-refractivity contribution < 1.29 is 17.6 Å². The highest BCUT2D eigenvalue weighted by molar-refractivity contribution is 5.87. The molecular formula is C42H54F4. The maximum Gasteiger partial charge on any atom is 0.198 e. The van der Waals surface area contributed by atoms with E-state index in [1.54, 1.807) is 0 Å².